The summed E-state index contributed by atoms with van der Waals surface area (Å²) in [5.74, 6) is -0.587. The van der Waals surface area contributed by atoms with Crippen LogP contribution in [-0.2, 0) is 14.3 Å². The number of amides is 2. The molecule has 0 bridgehead atoms. The van der Waals surface area contributed by atoms with E-state index in [0.717, 1.165) is 19.6 Å². The Morgan fingerprint density at radius 1 is 1.00 bits per heavy atom. The maximum Gasteiger partial charge on any atom is 0.248 e. The van der Waals surface area contributed by atoms with Crippen LogP contribution < -0.4 is 10.2 Å². The molecule has 0 unspecified atom stereocenters. The van der Waals surface area contributed by atoms with E-state index in [1.165, 1.54) is 18.9 Å². The topological polar surface area (TPSA) is 65.1 Å². The number of benzene rings is 1. The van der Waals surface area contributed by atoms with Gasteiger partial charge in [-0.1, -0.05) is 12.1 Å². The molecule has 2 saturated heterocycles. The van der Waals surface area contributed by atoms with Crippen LogP contribution >= 0.6 is 0 Å². The Morgan fingerprint density at radius 2 is 1.71 bits per heavy atom. The third kappa shape index (κ3) is 5.90. The van der Waals surface area contributed by atoms with E-state index < -0.39 is 0 Å². The molecule has 0 saturated carbocycles. The molecule has 2 heterocycles. The maximum atomic E-state index is 13.9. The van der Waals surface area contributed by atoms with E-state index in [0.29, 0.717) is 38.4 Å². The Bertz CT molecular complexity index is 659. The van der Waals surface area contributed by atoms with Crippen molar-refractivity contribution in [3.63, 3.8) is 0 Å². The minimum absolute atomic E-state index is 0.110. The zero-order valence-corrected chi connectivity index (χ0v) is 16.2. The fourth-order valence-electron chi connectivity index (χ4n) is 3.64. The Morgan fingerprint density at radius 3 is 2.43 bits per heavy atom. The number of rotatable bonds is 8. The second kappa shape index (κ2) is 10.4. The number of nitrogens with one attached hydrogen (secondary N) is 1. The molecule has 0 atom stereocenters. The van der Waals surface area contributed by atoms with Gasteiger partial charge in [0.1, 0.15) is 19.0 Å². The van der Waals surface area contributed by atoms with Gasteiger partial charge >= 0.3 is 0 Å². The molecule has 1 aromatic carbocycles. The van der Waals surface area contributed by atoms with Gasteiger partial charge in [-0.2, -0.15) is 0 Å². The molecular weight excluding hydrogens is 363 g/mol. The van der Waals surface area contributed by atoms with Crippen LogP contribution in [0.15, 0.2) is 24.3 Å². The predicted molar refractivity (Wildman–Crippen MR) is 105 cm³/mol. The molecule has 0 aliphatic carbocycles. The lowest BCUT2D eigenvalue weighted by Gasteiger charge is -2.36. The third-order valence-electron chi connectivity index (χ3n) is 5.23. The SMILES string of the molecule is O=C(COCC(=O)N1CCN(c2ccccc2F)CC1)NCCN1CCCC1. The van der Waals surface area contributed by atoms with E-state index in [-0.39, 0.29) is 30.8 Å². The summed E-state index contributed by atoms with van der Waals surface area (Å²) in [4.78, 5) is 30.0. The maximum absolute atomic E-state index is 13.9. The van der Waals surface area contributed by atoms with Crippen LogP contribution in [0.4, 0.5) is 10.1 Å². The highest BCUT2D eigenvalue weighted by Crippen LogP contribution is 2.20. The molecule has 2 aliphatic rings. The van der Waals surface area contributed by atoms with Gasteiger partial charge in [0.2, 0.25) is 11.8 Å². The average molecular weight is 392 g/mol. The van der Waals surface area contributed by atoms with Crippen molar-refractivity contribution >= 4 is 17.5 Å². The Kier molecular flexibility index (Phi) is 7.62. The summed E-state index contributed by atoms with van der Waals surface area (Å²) in [6, 6.07) is 6.66. The second-order valence-corrected chi connectivity index (χ2v) is 7.21. The summed E-state index contributed by atoms with van der Waals surface area (Å²) < 4.78 is 19.1. The number of ether oxygens (including phenoxy) is 1. The number of hydrogen-bond acceptors (Lipinski definition) is 5. The number of likely N-dealkylation sites (tertiary alicyclic amines) is 1. The van der Waals surface area contributed by atoms with Crippen LogP contribution in [0.5, 0.6) is 0 Å². The molecule has 0 radical (unpaired) electrons. The van der Waals surface area contributed by atoms with Crippen molar-refractivity contribution < 1.29 is 18.7 Å². The summed E-state index contributed by atoms with van der Waals surface area (Å²) >= 11 is 0. The summed E-state index contributed by atoms with van der Waals surface area (Å²) in [6.07, 6.45) is 2.46. The van der Waals surface area contributed by atoms with E-state index in [1.807, 2.05) is 4.90 Å². The van der Waals surface area contributed by atoms with Crippen molar-refractivity contribution in [1.82, 2.24) is 15.1 Å². The number of hydrogen-bond donors (Lipinski definition) is 1. The van der Waals surface area contributed by atoms with E-state index in [4.69, 9.17) is 4.74 Å². The zero-order chi connectivity index (χ0) is 19.8. The molecule has 7 nitrogen and oxygen atoms in total. The minimum Gasteiger partial charge on any atom is -0.366 e. The smallest absolute Gasteiger partial charge is 0.248 e. The van der Waals surface area contributed by atoms with Crippen LogP contribution in [0.25, 0.3) is 0 Å². The first-order valence-electron chi connectivity index (χ1n) is 9.97. The molecule has 2 amide bonds. The number of anilines is 1. The second-order valence-electron chi connectivity index (χ2n) is 7.21. The van der Waals surface area contributed by atoms with E-state index in [9.17, 15) is 14.0 Å². The standard InChI is InChI=1S/C20H29FN4O3/c21-17-5-1-2-6-18(17)24-11-13-25(14-12-24)20(27)16-28-15-19(26)22-7-10-23-8-3-4-9-23/h1-2,5-6H,3-4,7-16H2,(H,22,26). The molecule has 1 aromatic rings. The van der Waals surface area contributed by atoms with Crippen molar-refractivity contribution in [1.29, 1.82) is 0 Å². The summed E-state index contributed by atoms with van der Waals surface area (Å²) in [5, 5.41) is 2.82. The number of halogens is 1. The summed E-state index contributed by atoms with van der Waals surface area (Å²) in [7, 11) is 0. The van der Waals surface area contributed by atoms with Gasteiger partial charge in [-0.15, -0.1) is 0 Å². The van der Waals surface area contributed by atoms with Crippen molar-refractivity contribution in [2.45, 2.75) is 12.8 Å². The van der Waals surface area contributed by atoms with Crippen LogP contribution in [-0.4, -0.2) is 87.2 Å². The highest BCUT2D eigenvalue weighted by atomic mass is 19.1. The van der Waals surface area contributed by atoms with Gasteiger partial charge in [-0.3, -0.25) is 9.59 Å². The van der Waals surface area contributed by atoms with Gasteiger partial charge in [0.05, 0.1) is 5.69 Å². The lowest BCUT2D eigenvalue weighted by molar-refractivity contribution is -0.138. The largest absolute Gasteiger partial charge is 0.366 e. The van der Waals surface area contributed by atoms with Gasteiger partial charge in [0, 0.05) is 39.3 Å². The van der Waals surface area contributed by atoms with E-state index in [2.05, 4.69) is 10.2 Å². The number of piperazine rings is 1. The van der Waals surface area contributed by atoms with Gasteiger partial charge in [-0.25, -0.2) is 4.39 Å². The van der Waals surface area contributed by atoms with Crippen molar-refractivity contribution in [2.24, 2.45) is 0 Å². The first kappa shape index (κ1) is 20.5. The minimum atomic E-state index is -0.249. The predicted octanol–water partition coefficient (Wildman–Crippen LogP) is 0.703. The number of nitrogens with zero attached hydrogens (tertiary/aromatic N) is 3. The summed E-state index contributed by atoms with van der Waals surface area (Å²) in [6.45, 7) is 5.62. The highest BCUT2D eigenvalue weighted by molar-refractivity contribution is 5.79. The highest BCUT2D eigenvalue weighted by Gasteiger charge is 2.22. The lowest BCUT2D eigenvalue weighted by atomic mass is 10.2. The molecule has 3 rings (SSSR count). The van der Waals surface area contributed by atoms with E-state index in [1.54, 1.807) is 23.1 Å². The van der Waals surface area contributed by atoms with Gasteiger partial charge in [0.25, 0.3) is 0 Å². The average Bonchev–Trinajstić information content (AvgIpc) is 3.22. The van der Waals surface area contributed by atoms with Crippen LogP contribution in [0, 0.1) is 5.82 Å². The molecular formula is C20H29FN4O3. The summed E-state index contributed by atoms with van der Waals surface area (Å²) in [5.41, 5.74) is 0.566. The third-order valence-corrected chi connectivity index (χ3v) is 5.23. The van der Waals surface area contributed by atoms with Gasteiger partial charge in [0.15, 0.2) is 0 Å². The molecule has 1 N–H and O–H groups in total. The molecule has 0 aromatic heterocycles. The van der Waals surface area contributed by atoms with E-state index >= 15 is 0 Å². The molecule has 2 fully saturated rings. The van der Waals surface area contributed by atoms with Crippen molar-refractivity contribution in [2.75, 3.05) is 70.5 Å². The zero-order valence-electron chi connectivity index (χ0n) is 16.2. The Labute approximate surface area is 165 Å². The number of para-hydroxylation sites is 1. The fourth-order valence-corrected chi connectivity index (χ4v) is 3.64. The first-order chi connectivity index (χ1) is 13.6. The van der Waals surface area contributed by atoms with Crippen molar-refractivity contribution in [3.8, 4) is 0 Å². The molecule has 28 heavy (non-hydrogen) atoms. The van der Waals surface area contributed by atoms with Gasteiger partial charge in [-0.05, 0) is 38.1 Å². The fraction of sp³-hybridized carbons (Fsp3) is 0.600. The lowest BCUT2D eigenvalue weighted by Crippen LogP contribution is -2.50. The Balaban J connectivity index is 1.29. The van der Waals surface area contributed by atoms with Crippen molar-refractivity contribution in [3.05, 3.63) is 30.1 Å². The monoisotopic (exact) mass is 392 g/mol. The van der Waals surface area contributed by atoms with Crippen LogP contribution in [0.2, 0.25) is 0 Å². The molecule has 154 valence electrons. The van der Waals surface area contributed by atoms with Gasteiger partial charge < -0.3 is 24.8 Å². The quantitative estimate of drug-likeness (QED) is 0.706. The first-order valence-corrected chi connectivity index (χ1v) is 9.97. The number of carbonyl (C=O) groups excluding carboxylic acids is 2. The van der Waals surface area contributed by atoms with Crippen LogP contribution in [0.3, 0.4) is 0 Å². The normalized spacial score (nSPS) is 17.8. The number of carbonyl (C=O) groups is 2. The molecule has 8 heteroatoms. The molecule has 2 aliphatic heterocycles. The molecule has 0 spiro atoms. The van der Waals surface area contributed by atoms with Crippen LogP contribution in [0.1, 0.15) is 12.8 Å². The Hall–Kier alpha value is -2.19.